The van der Waals surface area contributed by atoms with E-state index < -0.39 is 12.0 Å². The topological polar surface area (TPSA) is 121 Å². The highest BCUT2D eigenvalue weighted by molar-refractivity contribution is 5.94. The predicted molar refractivity (Wildman–Crippen MR) is 141 cm³/mol. The van der Waals surface area contributed by atoms with Crippen LogP contribution in [0.2, 0.25) is 0 Å². The summed E-state index contributed by atoms with van der Waals surface area (Å²) in [7, 11) is 4.43. The van der Waals surface area contributed by atoms with Crippen LogP contribution in [0.5, 0.6) is 11.5 Å². The van der Waals surface area contributed by atoms with Crippen LogP contribution in [0.4, 0.5) is 0 Å². The third kappa shape index (κ3) is 7.96. The molecule has 1 aromatic heterocycles. The normalized spacial score (nSPS) is 11.8. The first-order valence-corrected chi connectivity index (χ1v) is 12.6. The Kier molecular flexibility index (Phi) is 11.4. The molecular weight excluding hydrogens is 476 g/mol. The van der Waals surface area contributed by atoms with Gasteiger partial charge in [0.25, 0.3) is 5.91 Å². The molecule has 0 aliphatic rings. The second kappa shape index (κ2) is 14.2. The van der Waals surface area contributed by atoms with Crippen molar-refractivity contribution in [3.63, 3.8) is 0 Å². The molecule has 1 atom stereocenters. The van der Waals surface area contributed by atoms with Crippen LogP contribution < -0.4 is 20.1 Å². The van der Waals surface area contributed by atoms with Gasteiger partial charge in [-0.25, -0.2) is 0 Å². The number of methoxy groups -OCH3 is 3. The third-order valence-corrected chi connectivity index (χ3v) is 6.12. The molecule has 37 heavy (non-hydrogen) atoms. The zero-order valence-corrected chi connectivity index (χ0v) is 22.9. The van der Waals surface area contributed by atoms with E-state index in [9.17, 15) is 14.4 Å². The van der Waals surface area contributed by atoms with E-state index in [0.717, 1.165) is 12.8 Å². The van der Waals surface area contributed by atoms with Crippen LogP contribution in [-0.4, -0.2) is 61.5 Å². The molecule has 2 N–H and O–H groups in total. The largest absolute Gasteiger partial charge is 0.496 e. The van der Waals surface area contributed by atoms with Gasteiger partial charge in [-0.2, -0.15) is 5.10 Å². The summed E-state index contributed by atoms with van der Waals surface area (Å²) in [5.41, 5.74) is 1.66. The molecule has 0 bridgehead atoms. The number of amides is 2. The van der Waals surface area contributed by atoms with Gasteiger partial charge in [-0.15, -0.1) is 0 Å². The predicted octanol–water partition coefficient (Wildman–Crippen LogP) is 3.75. The molecule has 0 aliphatic heterocycles. The van der Waals surface area contributed by atoms with Crippen molar-refractivity contribution in [3.8, 4) is 22.8 Å². The Hall–Kier alpha value is -3.56. The van der Waals surface area contributed by atoms with Crippen LogP contribution in [0, 0.1) is 5.92 Å². The smallest absolute Gasteiger partial charge is 0.325 e. The number of ether oxygens (including phenoxy) is 3. The Balaban J connectivity index is 2.40. The molecule has 204 valence electrons. The summed E-state index contributed by atoms with van der Waals surface area (Å²) in [5.74, 6) is 0.180. The summed E-state index contributed by atoms with van der Waals surface area (Å²) in [4.78, 5) is 37.1. The van der Waals surface area contributed by atoms with E-state index in [4.69, 9.17) is 14.6 Å². The number of hydrogen-bond donors (Lipinski definition) is 2. The van der Waals surface area contributed by atoms with Crippen LogP contribution >= 0.6 is 0 Å². The van der Waals surface area contributed by atoms with Crippen molar-refractivity contribution in [3.05, 3.63) is 30.0 Å². The number of carbonyl (C=O) groups excluding carboxylic acids is 3. The van der Waals surface area contributed by atoms with Gasteiger partial charge in [0.1, 0.15) is 18.0 Å². The van der Waals surface area contributed by atoms with Crippen LogP contribution in [0.15, 0.2) is 24.3 Å². The lowest BCUT2D eigenvalue weighted by Gasteiger charge is -2.20. The van der Waals surface area contributed by atoms with Gasteiger partial charge in [0.15, 0.2) is 5.69 Å². The zero-order valence-electron chi connectivity index (χ0n) is 22.9. The SMILES string of the molecule is CCC(CC)n1nc(C(=O)N[C@H](CC(=O)NCC(=O)OC)CC(C)C)cc1-c1c(OC)cccc1OC. The maximum absolute atomic E-state index is 13.4. The van der Waals surface area contributed by atoms with Crippen molar-refractivity contribution in [1.29, 1.82) is 0 Å². The number of hydrogen-bond acceptors (Lipinski definition) is 7. The molecule has 0 spiro atoms. The van der Waals surface area contributed by atoms with Gasteiger partial charge in [-0.05, 0) is 43.4 Å². The van der Waals surface area contributed by atoms with Crippen LogP contribution in [-0.2, 0) is 14.3 Å². The first kappa shape index (κ1) is 29.7. The lowest BCUT2D eigenvalue weighted by atomic mass is 10.0. The van der Waals surface area contributed by atoms with Crippen molar-refractivity contribution in [1.82, 2.24) is 20.4 Å². The molecule has 0 unspecified atom stereocenters. The molecule has 0 saturated heterocycles. The number of benzene rings is 1. The van der Waals surface area contributed by atoms with Crippen molar-refractivity contribution >= 4 is 17.8 Å². The Bertz CT molecular complexity index is 1040. The van der Waals surface area contributed by atoms with Crippen molar-refractivity contribution < 1.29 is 28.6 Å². The fraction of sp³-hybridized carbons (Fsp3) is 0.556. The van der Waals surface area contributed by atoms with Gasteiger partial charge >= 0.3 is 5.97 Å². The van der Waals surface area contributed by atoms with Gasteiger partial charge in [-0.1, -0.05) is 33.8 Å². The van der Waals surface area contributed by atoms with Gasteiger partial charge < -0.3 is 24.8 Å². The highest BCUT2D eigenvalue weighted by Crippen LogP contribution is 2.40. The minimum absolute atomic E-state index is 0.0291. The number of nitrogens with one attached hydrogen (secondary N) is 2. The Morgan fingerprint density at radius 1 is 1.03 bits per heavy atom. The molecule has 0 saturated carbocycles. The molecular formula is C27H40N4O6. The molecule has 2 amide bonds. The lowest BCUT2D eigenvalue weighted by Crippen LogP contribution is -2.41. The first-order chi connectivity index (χ1) is 17.7. The second-order valence-corrected chi connectivity index (χ2v) is 9.22. The van der Waals surface area contributed by atoms with E-state index >= 15 is 0 Å². The number of esters is 1. The monoisotopic (exact) mass is 516 g/mol. The Morgan fingerprint density at radius 2 is 1.65 bits per heavy atom. The van der Waals surface area contributed by atoms with E-state index in [2.05, 4.69) is 29.2 Å². The number of carbonyl (C=O) groups is 3. The van der Waals surface area contributed by atoms with Crippen molar-refractivity contribution in [2.75, 3.05) is 27.9 Å². The quantitative estimate of drug-likeness (QED) is 0.367. The Labute approximate surface area is 219 Å². The van der Waals surface area contributed by atoms with E-state index in [0.29, 0.717) is 29.2 Å². The summed E-state index contributed by atoms with van der Waals surface area (Å²) in [6.45, 7) is 7.95. The average molecular weight is 517 g/mol. The molecule has 0 aliphatic carbocycles. The Morgan fingerprint density at radius 3 is 2.16 bits per heavy atom. The third-order valence-electron chi connectivity index (χ3n) is 6.12. The molecule has 0 fully saturated rings. The lowest BCUT2D eigenvalue weighted by molar-refractivity contribution is -0.141. The summed E-state index contributed by atoms with van der Waals surface area (Å²) in [6, 6.07) is 6.88. The first-order valence-electron chi connectivity index (χ1n) is 12.6. The fourth-order valence-electron chi connectivity index (χ4n) is 4.27. The molecule has 1 aromatic carbocycles. The highest BCUT2D eigenvalue weighted by atomic mass is 16.5. The molecule has 0 radical (unpaired) electrons. The zero-order chi connectivity index (χ0) is 27.5. The van der Waals surface area contributed by atoms with Crippen molar-refractivity contribution in [2.24, 2.45) is 5.92 Å². The summed E-state index contributed by atoms with van der Waals surface area (Å²) < 4.78 is 17.6. The summed E-state index contributed by atoms with van der Waals surface area (Å²) in [5, 5.41) is 10.2. The molecule has 10 heteroatoms. The maximum Gasteiger partial charge on any atom is 0.325 e. The standard InChI is InChI=1S/C27H40N4O6/c1-8-19(9-2)31-21(26-22(35-5)11-10-12-23(26)36-6)15-20(30-31)27(34)29-18(13-17(3)4)14-24(32)28-16-25(33)37-7/h10-12,15,17-19H,8-9,13-14,16H2,1-7H3,(H,28,32)(H,29,34)/t18-/m0/s1. The van der Waals surface area contributed by atoms with Crippen LogP contribution in [0.25, 0.3) is 11.3 Å². The molecule has 1 heterocycles. The van der Waals surface area contributed by atoms with E-state index in [-0.39, 0.29) is 42.4 Å². The fourth-order valence-corrected chi connectivity index (χ4v) is 4.27. The van der Waals surface area contributed by atoms with Crippen LogP contribution in [0.1, 0.15) is 69.9 Å². The van der Waals surface area contributed by atoms with E-state index in [1.807, 2.05) is 36.7 Å². The molecule has 2 aromatic rings. The minimum atomic E-state index is -0.538. The minimum Gasteiger partial charge on any atom is -0.496 e. The second-order valence-electron chi connectivity index (χ2n) is 9.22. The number of nitrogens with zero attached hydrogens (tertiary/aromatic N) is 2. The van der Waals surface area contributed by atoms with Gasteiger partial charge in [0.2, 0.25) is 5.91 Å². The van der Waals surface area contributed by atoms with E-state index in [1.165, 1.54) is 7.11 Å². The number of aromatic nitrogens is 2. The average Bonchev–Trinajstić information content (AvgIpc) is 3.31. The summed E-state index contributed by atoms with van der Waals surface area (Å²) >= 11 is 0. The molecule has 10 nitrogen and oxygen atoms in total. The number of rotatable bonds is 14. The summed E-state index contributed by atoms with van der Waals surface area (Å²) in [6.07, 6.45) is 2.25. The highest BCUT2D eigenvalue weighted by Gasteiger charge is 2.26. The van der Waals surface area contributed by atoms with Gasteiger partial charge in [0, 0.05) is 12.5 Å². The van der Waals surface area contributed by atoms with Crippen molar-refractivity contribution in [2.45, 2.75) is 65.5 Å². The van der Waals surface area contributed by atoms with Gasteiger partial charge in [-0.3, -0.25) is 19.1 Å². The van der Waals surface area contributed by atoms with E-state index in [1.54, 1.807) is 20.3 Å². The molecule has 2 rings (SSSR count). The van der Waals surface area contributed by atoms with Gasteiger partial charge in [0.05, 0.1) is 38.6 Å². The maximum atomic E-state index is 13.4. The van der Waals surface area contributed by atoms with Crippen LogP contribution in [0.3, 0.4) is 0 Å².